The van der Waals surface area contributed by atoms with E-state index in [1.165, 1.54) is 12.1 Å². The summed E-state index contributed by atoms with van der Waals surface area (Å²) in [6, 6.07) is 22.0. The molecule has 0 aliphatic heterocycles. The summed E-state index contributed by atoms with van der Waals surface area (Å²) in [4.78, 5) is 24.0. The average Bonchev–Trinajstić information content (AvgIpc) is 2.65. The molecule has 0 spiro atoms. The van der Waals surface area contributed by atoms with Crippen molar-refractivity contribution in [2.45, 2.75) is 5.92 Å². The van der Waals surface area contributed by atoms with E-state index in [0.717, 1.165) is 17.2 Å². The summed E-state index contributed by atoms with van der Waals surface area (Å²) in [5, 5.41) is 18.7. The minimum Gasteiger partial charge on any atom is -0.507 e. The quantitative estimate of drug-likeness (QED) is 0.541. The fourth-order valence-corrected chi connectivity index (χ4v) is 2.68. The number of hydrogen-bond donors (Lipinski definition) is 2. The first-order valence-electron chi connectivity index (χ1n) is 7.94. The normalized spacial score (nSPS) is 10.5. The summed E-state index contributed by atoms with van der Waals surface area (Å²) in [7, 11) is 0. The highest BCUT2D eigenvalue weighted by atomic mass is 16.5. The number of carboxylic acids is 1. The van der Waals surface area contributed by atoms with Crippen LogP contribution in [0.5, 0.6) is 11.5 Å². The third-order valence-corrected chi connectivity index (χ3v) is 3.92. The Hall–Kier alpha value is -3.60. The molecule has 0 bridgehead atoms. The summed E-state index contributed by atoms with van der Waals surface area (Å²) in [5.41, 5.74) is 1.20. The smallest absolute Gasteiger partial charge is 0.339 e. The monoisotopic (exact) mass is 348 g/mol. The van der Waals surface area contributed by atoms with E-state index >= 15 is 0 Å². The molecule has 0 fully saturated rings. The lowest BCUT2D eigenvalue weighted by molar-refractivity contribution is -0.135. The third-order valence-electron chi connectivity index (χ3n) is 3.92. The molecule has 3 rings (SSSR count). The second kappa shape index (κ2) is 7.53. The molecule has 0 aliphatic rings. The summed E-state index contributed by atoms with van der Waals surface area (Å²) in [6.45, 7) is 0. The van der Waals surface area contributed by atoms with E-state index < -0.39 is 17.9 Å². The molecule has 0 unspecified atom stereocenters. The Balaban J connectivity index is 1.94. The molecule has 0 radical (unpaired) electrons. The molecule has 0 aromatic heterocycles. The molecular weight excluding hydrogens is 332 g/mol. The van der Waals surface area contributed by atoms with Gasteiger partial charge in [0.1, 0.15) is 23.0 Å². The largest absolute Gasteiger partial charge is 0.507 e. The number of carboxylic acid groups (broad SMARTS) is 1. The van der Waals surface area contributed by atoms with Crippen LogP contribution in [0, 0.1) is 0 Å². The predicted octanol–water partition coefficient (Wildman–Crippen LogP) is 3.83. The Labute approximate surface area is 150 Å². The number of benzene rings is 3. The first-order chi connectivity index (χ1) is 12.6. The van der Waals surface area contributed by atoms with Crippen LogP contribution >= 0.6 is 0 Å². The van der Waals surface area contributed by atoms with Crippen LogP contribution in [0.25, 0.3) is 0 Å². The van der Waals surface area contributed by atoms with Gasteiger partial charge in [-0.15, -0.1) is 0 Å². The van der Waals surface area contributed by atoms with Crippen molar-refractivity contribution < 1.29 is 24.5 Å². The van der Waals surface area contributed by atoms with Gasteiger partial charge in [-0.25, -0.2) is 4.79 Å². The van der Waals surface area contributed by atoms with Crippen LogP contribution in [0.4, 0.5) is 0 Å². The molecule has 0 atom stereocenters. The third kappa shape index (κ3) is 3.72. The minimum atomic E-state index is -1.30. The SMILES string of the molecule is O=C(O)c1cc(OC(=O)C(c2ccccc2)c2ccccc2)ccc1O. The molecule has 2 N–H and O–H groups in total. The molecule has 3 aromatic carbocycles. The van der Waals surface area contributed by atoms with Gasteiger partial charge in [-0.3, -0.25) is 4.79 Å². The van der Waals surface area contributed by atoms with E-state index in [2.05, 4.69) is 0 Å². The molecule has 0 amide bonds. The van der Waals surface area contributed by atoms with Gasteiger partial charge >= 0.3 is 11.9 Å². The van der Waals surface area contributed by atoms with E-state index in [-0.39, 0.29) is 17.1 Å². The number of phenols is 1. The van der Waals surface area contributed by atoms with E-state index in [1.807, 2.05) is 60.7 Å². The summed E-state index contributed by atoms with van der Waals surface area (Å²) >= 11 is 0. The summed E-state index contributed by atoms with van der Waals surface area (Å²) in [6.07, 6.45) is 0. The van der Waals surface area contributed by atoms with E-state index in [0.29, 0.717) is 0 Å². The molecule has 5 nitrogen and oxygen atoms in total. The highest BCUT2D eigenvalue weighted by molar-refractivity contribution is 5.91. The first kappa shape index (κ1) is 17.2. The van der Waals surface area contributed by atoms with Gasteiger partial charge in [0.2, 0.25) is 0 Å². The van der Waals surface area contributed by atoms with Gasteiger partial charge in [-0.1, -0.05) is 60.7 Å². The number of aromatic hydroxyl groups is 1. The Kier molecular flexibility index (Phi) is 4.99. The van der Waals surface area contributed by atoms with Crippen molar-refractivity contribution in [2.24, 2.45) is 0 Å². The number of carbonyl (C=O) groups excluding carboxylic acids is 1. The zero-order chi connectivity index (χ0) is 18.5. The van der Waals surface area contributed by atoms with Crippen molar-refractivity contribution >= 4 is 11.9 Å². The Morgan fingerprint density at radius 1 is 0.808 bits per heavy atom. The predicted molar refractivity (Wildman–Crippen MR) is 95.4 cm³/mol. The van der Waals surface area contributed by atoms with Crippen molar-refractivity contribution in [3.05, 3.63) is 95.6 Å². The molecule has 0 aliphatic carbocycles. The van der Waals surface area contributed by atoms with Gasteiger partial charge in [-0.05, 0) is 29.3 Å². The van der Waals surface area contributed by atoms with Crippen molar-refractivity contribution in [1.82, 2.24) is 0 Å². The molecule has 3 aromatic rings. The molecule has 0 saturated carbocycles. The number of hydrogen-bond acceptors (Lipinski definition) is 4. The fourth-order valence-electron chi connectivity index (χ4n) is 2.68. The zero-order valence-electron chi connectivity index (χ0n) is 13.7. The van der Waals surface area contributed by atoms with Crippen LogP contribution in [-0.4, -0.2) is 22.2 Å². The Morgan fingerprint density at radius 2 is 1.35 bits per heavy atom. The second-order valence-electron chi connectivity index (χ2n) is 5.66. The number of carbonyl (C=O) groups is 2. The van der Waals surface area contributed by atoms with E-state index in [9.17, 15) is 14.7 Å². The number of esters is 1. The number of ether oxygens (including phenoxy) is 1. The van der Waals surface area contributed by atoms with Crippen LogP contribution < -0.4 is 4.74 Å². The van der Waals surface area contributed by atoms with E-state index in [1.54, 1.807) is 0 Å². The van der Waals surface area contributed by atoms with Gasteiger partial charge in [-0.2, -0.15) is 0 Å². The van der Waals surface area contributed by atoms with Crippen LogP contribution in [0.3, 0.4) is 0 Å². The maximum Gasteiger partial charge on any atom is 0.339 e. The van der Waals surface area contributed by atoms with Gasteiger partial charge in [0.05, 0.1) is 0 Å². The summed E-state index contributed by atoms with van der Waals surface area (Å²) in [5.74, 6) is -2.82. The van der Waals surface area contributed by atoms with E-state index in [4.69, 9.17) is 9.84 Å². The van der Waals surface area contributed by atoms with Crippen LogP contribution in [0.15, 0.2) is 78.9 Å². The van der Waals surface area contributed by atoms with Crippen molar-refractivity contribution in [2.75, 3.05) is 0 Å². The van der Waals surface area contributed by atoms with Gasteiger partial charge in [0.25, 0.3) is 0 Å². The maximum absolute atomic E-state index is 12.8. The molecule has 0 saturated heterocycles. The zero-order valence-corrected chi connectivity index (χ0v) is 13.7. The standard InChI is InChI=1S/C21H16O5/c22-18-12-11-16(13-17(18)20(23)24)26-21(25)19(14-7-3-1-4-8-14)15-9-5-2-6-10-15/h1-13,19,22H,(H,23,24). The molecule has 0 heterocycles. The van der Waals surface area contributed by atoms with Crippen LogP contribution in [0.2, 0.25) is 0 Å². The van der Waals surface area contributed by atoms with Gasteiger partial charge in [0, 0.05) is 0 Å². The average molecular weight is 348 g/mol. The minimum absolute atomic E-state index is 0.0575. The van der Waals surface area contributed by atoms with Crippen molar-refractivity contribution in [3.63, 3.8) is 0 Å². The highest BCUT2D eigenvalue weighted by Crippen LogP contribution is 2.29. The molecule has 5 heteroatoms. The van der Waals surface area contributed by atoms with Gasteiger partial charge in [0.15, 0.2) is 0 Å². The lowest BCUT2D eigenvalue weighted by Gasteiger charge is -2.17. The summed E-state index contributed by atoms with van der Waals surface area (Å²) < 4.78 is 5.42. The maximum atomic E-state index is 12.8. The fraction of sp³-hybridized carbons (Fsp3) is 0.0476. The molecule has 130 valence electrons. The Morgan fingerprint density at radius 3 is 1.85 bits per heavy atom. The van der Waals surface area contributed by atoms with Crippen molar-refractivity contribution in [1.29, 1.82) is 0 Å². The van der Waals surface area contributed by atoms with Crippen LogP contribution in [0.1, 0.15) is 27.4 Å². The lowest BCUT2D eigenvalue weighted by Crippen LogP contribution is -2.20. The number of aromatic carboxylic acids is 1. The Bertz CT molecular complexity index is 880. The molecular formula is C21H16O5. The molecule has 26 heavy (non-hydrogen) atoms. The van der Waals surface area contributed by atoms with Crippen molar-refractivity contribution in [3.8, 4) is 11.5 Å². The van der Waals surface area contributed by atoms with Gasteiger partial charge < -0.3 is 14.9 Å². The topological polar surface area (TPSA) is 83.8 Å². The lowest BCUT2D eigenvalue weighted by atomic mass is 9.91. The second-order valence-corrected chi connectivity index (χ2v) is 5.66. The highest BCUT2D eigenvalue weighted by Gasteiger charge is 2.25. The first-order valence-corrected chi connectivity index (χ1v) is 7.94. The number of rotatable bonds is 5. The van der Waals surface area contributed by atoms with Crippen LogP contribution in [-0.2, 0) is 4.79 Å².